The minimum atomic E-state index is -4.48. The average Bonchev–Trinajstić information content (AvgIpc) is 2.70. The molecule has 0 unspecified atom stereocenters. The molecule has 0 aliphatic rings. The number of allylic oxidation sites excluding steroid dienone is 7. The molecule has 31 heavy (non-hydrogen) atoms. The summed E-state index contributed by atoms with van der Waals surface area (Å²) in [6, 6.07) is 4.09. The van der Waals surface area contributed by atoms with Gasteiger partial charge in [0.15, 0.2) is 0 Å². The topological polar surface area (TPSA) is 37.3 Å². The van der Waals surface area contributed by atoms with Crippen molar-refractivity contribution in [3.8, 4) is 0 Å². The predicted molar refractivity (Wildman–Crippen MR) is 124 cm³/mol. The molecule has 0 aliphatic heterocycles. The summed E-state index contributed by atoms with van der Waals surface area (Å²) in [6.45, 7) is 11.4. The summed E-state index contributed by atoms with van der Waals surface area (Å²) in [5.41, 5.74) is 1.85. The van der Waals surface area contributed by atoms with Crippen molar-refractivity contribution in [1.29, 1.82) is 0 Å². The molecule has 172 valence electrons. The van der Waals surface area contributed by atoms with Crippen LogP contribution in [0.2, 0.25) is 0 Å². The van der Waals surface area contributed by atoms with Crippen LogP contribution in [0.3, 0.4) is 0 Å². The second-order valence-electron chi connectivity index (χ2n) is 6.81. The highest BCUT2D eigenvalue weighted by Gasteiger charge is 2.33. The Balaban J connectivity index is 0.00000436. The molecular weight excluding hydrogens is 401 g/mol. The van der Waals surface area contributed by atoms with Gasteiger partial charge in [0.1, 0.15) is 0 Å². The third-order valence-electron chi connectivity index (χ3n) is 4.38. The van der Waals surface area contributed by atoms with Crippen LogP contribution in [0.4, 0.5) is 13.2 Å². The van der Waals surface area contributed by atoms with E-state index < -0.39 is 17.7 Å². The number of benzene rings is 1. The highest BCUT2D eigenvalue weighted by Crippen LogP contribution is 2.37. The second kappa shape index (κ2) is 14.4. The van der Waals surface area contributed by atoms with E-state index >= 15 is 0 Å². The normalized spacial score (nSPS) is 13.3. The molecule has 0 amide bonds. The molecule has 0 radical (unpaired) electrons. The van der Waals surface area contributed by atoms with Crippen molar-refractivity contribution in [1.82, 2.24) is 0 Å². The Morgan fingerprint density at radius 2 is 1.74 bits per heavy atom. The van der Waals surface area contributed by atoms with Crippen LogP contribution in [0, 0.1) is 6.92 Å². The summed E-state index contributed by atoms with van der Waals surface area (Å²) in [5.74, 6) is -0.980. The molecule has 0 bridgehead atoms. The highest BCUT2D eigenvalue weighted by molar-refractivity contribution is 5.80. The Morgan fingerprint density at radius 1 is 1.10 bits per heavy atom. The number of hydrogen-bond donors (Lipinski definition) is 1. The fourth-order valence-corrected chi connectivity index (χ4v) is 2.99. The van der Waals surface area contributed by atoms with Gasteiger partial charge in [-0.1, -0.05) is 82.2 Å². The number of hydrogen-bond acceptors (Lipinski definition) is 1. The average molecular weight is 437 g/mol. The molecule has 1 rings (SSSR count). The molecule has 2 nitrogen and oxygen atoms in total. The molecule has 0 aromatic heterocycles. The van der Waals surface area contributed by atoms with E-state index in [1.54, 1.807) is 38.2 Å². The summed E-state index contributed by atoms with van der Waals surface area (Å²) in [5, 5.41) is 9.22. The van der Waals surface area contributed by atoms with Crippen LogP contribution in [0.15, 0.2) is 59.7 Å². The van der Waals surface area contributed by atoms with Gasteiger partial charge in [-0.25, -0.2) is 0 Å². The van der Waals surface area contributed by atoms with Crippen molar-refractivity contribution < 1.29 is 23.1 Å². The van der Waals surface area contributed by atoms with Crippen molar-refractivity contribution in [2.45, 2.75) is 73.4 Å². The fourth-order valence-electron chi connectivity index (χ4n) is 2.99. The number of halogens is 3. The zero-order chi connectivity index (χ0) is 24.0. The first kappa shape index (κ1) is 28.4. The number of alkyl halides is 3. The molecule has 0 spiro atoms. The van der Waals surface area contributed by atoms with E-state index in [4.69, 9.17) is 0 Å². The largest absolute Gasteiger partial charge is 0.481 e. The van der Waals surface area contributed by atoms with Gasteiger partial charge in [-0.15, -0.1) is 0 Å². The van der Waals surface area contributed by atoms with E-state index in [0.717, 1.165) is 24.5 Å². The summed E-state index contributed by atoms with van der Waals surface area (Å²) in [7, 11) is 0. The Kier molecular flexibility index (Phi) is 13.3. The molecule has 0 heterocycles. The van der Waals surface area contributed by atoms with Gasteiger partial charge >= 0.3 is 12.1 Å². The van der Waals surface area contributed by atoms with Gasteiger partial charge in [0, 0.05) is 0 Å². The van der Waals surface area contributed by atoms with E-state index in [-0.39, 0.29) is 12.0 Å². The first-order valence-corrected chi connectivity index (χ1v) is 10.8. The van der Waals surface area contributed by atoms with Crippen molar-refractivity contribution >= 4 is 11.5 Å². The van der Waals surface area contributed by atoms with Crippen LogP contribution in [0.25, 0.3) is 5.57 Å². The maximum absolute atomic E-state index is 13.6. The minimum Gasteiger partial charge on any atom is -0.481 e. The quantitative estimate of drug-likeness (QED) is 0.394. The lowest BCUT2D eigenvalue weighted by molar-refractivity contribution is -0.138. The number of rotatable bonds is 9. The molecular formula is C26H35F3O2. The van der Waals surface area contributed by atoms with Gasteiger partial charge in [-0.3, -0.25) is 4.79 Å². The van der Waals surface area contributed by atoms with Crippen molar-refractivity contribution in [3.63, 3.8) is 0 Å². The van der Waals surface area contributed by atoms with Crippen LogP contribution in [-0.4, -0.2) is 11.1 Å². The van der Waals surface area contributed by atoms with Crippen LogP contribution in [0.1, 0.15) is 77.0 Å². The smallest absolute Gasteiger partial charge is 0.417 e. The molecule has 0 fully saturated rings. The van der Waals surface area contributed by atoms with Crippen molar-refractivity contribution in [2.75, 3.05) is 0 Å². The van der Waals surface area contributed by atoms with Crippen molar-refractivity contribution in [2.24, 2.45) is 0 Å². The molecule has 0 aliphatic carbocycles. The first-order chi connectivity index (χ1) is 14.6. The molecule has 5 heteroatoms. The number of unbranched alkanes of at least 4 members (excludes halogenated alkanes) is 1. The van der Waals surface area contributed by atoms with Crippen LogP contribution < -0.4 is 0 Å². The van der Waals surface area contributed by atoms with E-state index in [0.29, 0.717) is 23.1 Å². The molecule has 1 aromatic rings. The van der Waals surface area contributed by atoms with E-state index in [2.05, 4.69) is 0 Å². The molecule has 1 N–H and O–H groups in total. The minimum absolute atomic E-state index is 0.103. The maximum Gasteiger partial charge on any atom is 0.417 e. The maximum atomic E-state index is 13.6. The zero-order valence-electron chi connectivity index (χ0n) is 19.4. The van der Waals surface area contributed by atoms with Gasteiger partial charge in [0.25, 0.3) is 0 Å². The lowest BCUT2D eigenvalue weighted by Crippen LogP contribution is -2.09. The van der Waals surface area contributed by atoms with Crippen LogP contribution in [0.5, 0.6) is 0 Å². The number of aryl methyl sites for hydroxylation is 1. The Hall–Kier alpha value is -2.56. The number of carboxylic acid groups (broad SMARTS) is 1. The highest BCUT2D eigenvalue weighted by atomic mass is 19.4. The van der Waals surface area contributed by atoms with E-state index in [1.165, 1.54) is 12.1 Å². The molecule has 1 aromatic carbocycles. The van der Waals surface area contributed by atoms with Gasteiger partial charge in [-0.2, -0.15) is 13.2 Å². The third kappa shape index (κ3) is 9.86. The Morgan fingerprint density at radius 3 is 2.23 bits per heavy atom. The summed E-state index contributed by atoms with van der Waals surface area (Å²) in [4.78, 5) is 11.3. The first-order valence-electron chi connectivity index (χ1n) is 10.8. The number of carbonyl (C=O) groups is 1. The zero-order valence-corrected chi connectivity index (χ0v) is 19.4. The van der Waals surface area contributed by atoms with Gasteiger partial charge in [0.2, 0.25) is 0 Å². The summed E-state index contributed by atoms with van der Waals surface area (Å²) < 4.78 is 40.9. The van der Waals surface area contributed by atoms with Gasteiger partial charge in [-0.05, 0) is 55.0 Å². The van der Waals surface area contributed by atoms with E-state index in [1.807, 2.05) is 33.8 Å². The SMILES string of the molecule is C/C=C/C(CC(=O)O)=C(/C=C(\C=C/CCC)c1cc(C)ccc1C(F)(F)F)CC.CC. The molecule has 0 atom stereocenters. The number of carboxylic acids is 1. The standard InChI is InChI=1S/C24H29F3O2.C2H6/c1-5-8-9-11-20(15-18(7-3)19(10-6-2)16-23(28)29)21-14-17(4)12-13-22(21)24(25,26)27;1-2/h6,9-15H,5,7-8,16H2,1-4H3,(H,28,29);1-2H3/b10-6+,11-9-,19-18-,20-15+;. The van der Waals surface area contributed by atoms with Gasteiger partial charge < -0.3 is 5.11 Å². The summed E-state index contributed by atoms with van der Waals surface area (Å²) >= 11 is 0. The van der Waals surface area contributed by atoms with Crippen LogP contribution >= 0.6 is 0 Å². The second-order valence-corrected chi connectivity index (χ2v) is 6.81. The fraction of sp³-hybridized carbons (Fsp3) is 0.423. The Labute approximate surface area is 184 Å². The van der Waals surface area contributed by atoms with Gasteiger partial charge in [0.05, 0.1) is 12.0 Å². The lowest BCUT2D eigenvalue weighted by Gasteiger charge is -2.16. The monoisotopic (exact) mass is 436 g/mol. The molecule has 0 saturated carbocycles. The third-order valence-corrected chi connectivity index (χ3v) is 4.38. The number of aliphatic carboxylic acids is 1. The van der Waals surface area contributed by atoms with Crippen LogP contribution in [-0.2, 0) is 11.0 Å². The lowest BCUT2D eigenvalue weighted by atomic mass is 9.92. The van der Waals surface area contributed by atoms with E-state index in [9.17, 15) is 23.1 Å². The Bertz CT molecular complexity index is 826. The van der Waals surface area contributed by atoms with Crippen molar-refractivity contribution in [3.05, 3.63) is 76.4 Å². The molecule has 0 saturated heterocycles. The summed E-state index contributed by atoms with van der Waals surface area (Å²) in [6.07, 6.45) is 6.15. The predicted octanol–water partition coefficient (Wildman–Crippen LogP) is 8.54.